The molecule has 0 spiro atoms. The van der Waals surface area contributed by atoms with Crippen molar-refractivity contribution in [3.8, 4) is 0 Å². The lowest BCUT2D eigenvalue weighted by Gasteiger charge is -2.40. The van der Waals surface area contributed by atoms with Gasteiger partial charge in [0.25, 0.3) is 0 Å². The van der Waals surface area contributed by atoms with Crippen molar-refractivity contribution >= 4 is 16.9 Å². The number of fused-ring (bicyclic) bond motifs is 2. The Morgan fingerprint density at radius 1 is 1.26 bits per heavy atom. The minimum absolute atomic E-state index is 0.108. The highest BCUT2D eigenvalue weighted by molar-refractivity contribution is 5.86. The Labute approximate surface area is 159 Å². The Bertz CT molecular complexity index is 777. The summed E-state index contributed by atoms with van der Waals surface area (Å²) in [4.78, 5) is 17.3. The van der Waals surface area contributed by atoms with Crippen molar-refractivity contribution in [2.75, 3.05) is 46.5 Å². The van der Waals surface area contributed by atoms with Gasteiger partial charge in [-0.3, -0.25) is 9.69 Å². The topological polar surface area (TPSA) is 68.0 Å². The Kier molecular flexibility index (Phi) is 5.71. The molecule has 4 rings (SSSR count). The van der Waals surface area contributed by atoms with E-state index in [9.17, 15) is 4.79 Å². The first-order chi connectivity index (χ1) is 13.3. The Morgan fingerprint density at radius 3 is 3.00 bits per heavy atom. The van der Waals surface area contributed by atoms with E-state index in [4.69, 9.17) is 14.0 Å². The zero-order valence-electron chi connectivity index (χ0n) is 15.8. The van der Waals surface area contributed by atoms with E-state index in [1.165, 1.54) is 0 Å². The number of methoxy groups -OCH3 is 1. The van der Waals surface area contributed by atoms with Gasteiger partial charge in [0.2, 0.25) is 5.91 Å². The molecule has 27 heavy (non-hydrogen) atoms. The fraction of sp³-hybridized carbons (Fsp3) is 0.600. The molecule has 2 atom stereocenters. The third-order valence-corrected chi connectivity index (χ3v) is 5.69. The number of hydrogen-bond acceptors (Lipinski definition) is 6. The largest absolute Gasteiger partial charge is 0.383 e. The SMILES string of the molecule is COCCN1CCOC2CCN(C(=O)Cc3noc4ccccc34)CCC21. The molecule has 7 nitrogen and oxygen atoms in total. The zero-order chi connectivity index (χ0) is 18.6. The van der Waals surface area contributed by atoms with Crippen LogP contribution >= 0.6 is 0 Å². The van der Waals surface area contributed by atoms with Crippen LogP contribution in [0.15, 0.2) is 28.8 Å². The molecule has 0 radical (unpaired) electrons. The number of carbonyl (C=O) groups is 1. The minimum Gasteiger partial charge on any atom is -0.383 e. The van der Waals surface area contributed by atoms with Gasteiger partial charge in [0, 0.05) is 44.7 Å². The number of aromatic nitrogens is 1. The van der Waals surface area contributed by atoms with Crippen LogP contribution in [0.5, 0.6) is 0 Å². The highest BCUT2D eigenvalue weighted by atomic mass is 16.5. The van der Waals surface area contributed by atoms with Gasteiger partial charge in [0.15, 0.2) is 5.58 Å². The number of benzene rings is 1. The van der Waals surface area contributed by atoms with Crippen LogP contribution < -0.4 is 0 Å². The number of nitrogens with zero attached hydrogens (tertiary/aromatic N) is 3. The average Bonchev–Trinajstić information content (AvgIpc) is 2.96. The number of para-hydroxylation sites is 1. The second-order valence-corrected chi connectivity index (χ2v) is 7.27. The van der Waals surface area contributed by atoms with Crippen molar-refractivity contribution in [3.63, 3.8) is 0 Å². The highest BCUT2D eigenvalue weighted by Gasteiger charge is 2.35. The summed E-state index contributed by atoms with van der Waals surface area (Å²) in [6, 6.07) is 8.03. The van der Waals surface area contributed by atoms with Crippen LogP contribution in [0.3, 0.4) is 0 Å². The first kappa shape index (κ1) is 18.4. The van der Waals surface area contributed by atoms with E-state index in [-0.39, 0.29) is 18.4 Å². The maximum absolute atomic E-state index is 12.9. The van der Waals surface area contributed by atoms with Crippen LogP contribution in [-0.2, 0) is 20.7 Å². The van der Waals surface area contributed by atoms with E-state index in [0.29, 0.717) is 6.04 Å². The third-order valence-electron chi connectivity index (χ3n) is 5.69. The van der Waals surface area contributed by atoms with Gasteiger partial charge in [-0.1, -0.05) is 17.3 Å². The molecule has 2 unspecified atom stereocenters. The van der Waals surface area contributed by atoms with E-state index in [1.54, 1.807) is 7.11 Å². The first-order valence-electron chi connectivity index (χ1n) is 9.72. The summed E-state index contributed by atoms with van der Waals surface area (Å²) in [5.74, 6) is 0.108. The van der Waals surface area contributed by atoms with Crippen molar-refractivity contribution in [2.24, 2.45) is 0 Å². The van der Waals surface area contributed by atoms with E-state index >= 15 is 0 Å². The maximum atomic E-state index is 12.9. The molecule has 2 aliphatic heterocycles. The fourth-order valence-electron chi connectivity index (χ4n) is 4.22. The summed E-state index contributed by atoms with van der Waals surface area (Å²) in [5.41, 5.74) is 1.44. The van der Waals surface area contributed by atoms with Gasteiger partial charge < -0.3 is 18.9 Å². The molecule has 0 bridgehead atoms. The summed E-state index contributed by atoms with van der Waals surface area (Å²) < 4.78 is 16.6. The predicted molar refractivity (Wildman–Crippen MR) is 101 cm³/mol. The lowest BCUT2D eigenvalue weighted by Crippen LogP contribution is -2.52. The summed E-state index contributed by atoms with van der Waals surface area (Å²) in [6.07, 6.45) is 2.28. The van der Waals surface area contributed by atoms with Gasteiger partial charge >= 0.3 is 0 Å². The lowest BCUT2D eigenvalue weighted by molar-refractivity contribution is -0.130. The number of likely N-dealkylation sites (tertiary alicyclic amines) is 1. The number of ether oxygens (including phenoxy) is 2. The van der Waals surface area contributed by atoms with Crippen LogP contribution in [0.1, 0.15) is 18.5 Å². The molecule has 146 valence electrons. The highest BCUT2D eigenvalue weighted by Crippen LogP contribution is 2.25. The third kappa shape index (κ3) is 4.00. The molecule has 2 aromatic rings. The maximum Gasteiger partial charge on any atom is 0.228 e. The Balaban J connectivity index is 1.40. The predicted octanol–water partition coefficient (Wildman–Crippen LogP) is 1.71. The second kappa shape index (κ2) is 8.37. The Hall–Kier alpha value is -1.96. The number of rotatable bonds is 5. The molecular weight excluding hydrogens is 346 g/mol. The minimum atomic E-state index is 0.108. The first-order valence-corrected chi connectivity index (χ1v) is 9.72. The quantitative estimate of drug-likeness (QED) is 0.795. The summed E-state index contributed by atoms with van der Waals surface area (Å²) >= 11 is 0. The molecule has 0 N–H and O–H groups in total. The van der Waals surface area contributed by atoms with Gasteiger partial charge in [-0.25, -0.2) is 0 Å². The van der Waals surface area contributed by atoms with E-state index < -0.39 is 0 Å². The molecule has 1 aromatic heterocycles. The van der Waals surface area contributed by atoms with Gasteiger partial charge in [0.05, 0.1) is 25.7 Å². The van der Waals surface area contributed by atoms with Crippen molar-refractivity contribution in [1.82, 2.24) is 15.0 Å². The molecule has 7 heteroatoms. The lowest BCUT2D eigenvalue weighted by atomic mass is 10.0. The monoisotopic (exact) mass is 373 g/mol. The van der Waals surface area contributed by atoms with E-state index in [0.717, 1.165) is 68.9 Å². The van der Waals surface area contributed by atoms with Crippen LogP contribution in [0.2, 0.25) is 0 Å². The summed E-state index contributed by atoms with van der Waals surface area (Å²) in [6.45, 7) is 4.81. The molecular formula is C20H27N3O4. The molecule has 1 amide bonds. The van der Waals surface area contributed by atoms with E-state index in [1.807, 2.05) is 29.2 Å². The molecule has 2 aliphatic rings. The molecule has 2 fully saturated rings. The van der Waals surface area contributed by atoms with Crippen molar-refractivity contribution in [2.45, 2.75) is 31.4 Å². The van der Waals surface area contributed by atoms with Crippen molar-refractivity contribution < 1.29 is 18.8 Å². The molecule has 3 heterocycles. The van der Waals surface area contributed by atoms with Gasteiger partial charge in [0.1, 0.15) is 5.69 Å². The van der Waals surface area contributed by atoms with Gasteiger partial charge in [-0.2, -0.15) is 0 Å². The van der Waals surface area contributed by atoms with Crippen LogP contribution in [0.25, 0.3) is 11.0 Å². The molecule has 1 aromatic carbocycles. The average molecular weight is 373 g/mol. The smallest absolute Gasteiger partial charge is 0.228 e. The van der Waals surface area contributed by atoms with Crippen molar-refractivity contribution in [1.29, 1.82) is 0 Å². The molecule has 0 aliphatic carbocycles. The number of carbonyl (C=O) groups excluding carboxylic acids is 1. The van der Waals surface area contributed by atoms with Crippen LogP contribution in [0, 0.1) is 0 Å². The zero-order valence-corrected chi connectivity index (χ0v) is 15.8. The summed E-state index contributed by atoms with van der Waals surface area (Å²) in [5, 5.41) is 5.02. The summed E-state index contributed by atoms with van der Waals surface area (Å²) in [7, 11) is 1.74. The standard InChI is InChI=1S/C20H27N3O4/c1-25-12-10-22-11-13-26-19-7-9-23(8-6-17(19)22)20(24)14-16-15-4-2-3-5-18(15)27-21-16/h2-5,17,19H,6-14H2,1H3. The number of amides is 1. The fourth-order valence-corrected chi connectivity index (χ4v) is 4.22. The molecule has 2 saturated heterocycles. The second-order valence-electron chi connectivity index (χ2n) is 7.27. The number of morpholine rings is 1. The normalized spacial score (nSPS) is 24.0. The number of hydrogen-bond donors (Lipinski definition) is 0. The van der Waals surface area contributed by atoms with Crippen molar-refractivity contribution in [3.05, 3.63) is 30.0 Å². The van der Waals surface area contributed by atoms with Gasteiger partial charge in [-0.05, 0) is 25.0 Å². The van der Waals surface area contributed by atoms with Crippen LogP contribution in [0.4, 0.5) is 0 Å². The van der Waals surface area contributed by atoms with Gasteiger partial charge in [-0.15, -0.1) is 0 Å². The Morgan fingerprint density at radius 2 is 2.11 bits per heavy atom. The van der Waals surface area contributed by atoms with E-state index in [2.05, 4.69) is 10.1 Å². The van der Waals surface area contributed by atoms with Crippen LogP contribution in [-0.4, -0.2) is 79.5 Å². The molecule has 0 saturated carbocycles.